The molecule has 5 rings (SSSR count). The number of nitrogens with one attached hydrogen (secondary N) is 1. The number of halogens is 2. The van der Waals surface area contributed by atoms with Gasteiger partial charge in [0.15, 0.2) is 0 Å². The Bertz CT molecular complexity index is 1540. The molecule has 0 fully saturated rings. The molecule has 1 N–H and O–H groups in total. The number of nitrogens with zero attached hydrogens (tertiary/aromatic N) is 3. The van der Waals surface area contributed by atoms with Crippen molar-refractivity contribution in [2.75, 3.05) is 24.7 Å². The average molecular weight is 539 g/mol. The Morgan fingerprint density at radius 2 is 1.91 bits per heavy atom. The van der Waals surface area contributed by atoms with Crippen LogP contribution in [0, 0.1) is 5.82 Å². The van der Waals surface area contributed by atoms with E-state index in [1.54, 1.807) is 37.3 Å². The van der Waals surface area contributed by atoms with Crippen molar-refractivity contribution in [1.29, 1.82) is 0 Å². The Morgan fingerprint density at radius 3 is 2.62 bits per heavy atom. The molecule has 0 saturated heterocycles. The van der Waals surface area contributed by atoms with Crippen LogP contribution in [0.4, 0.5) is 10.1 Å². The zero-order valence-electron chi connectivity index (χ0n) is 18.6. The van der Waals surface area contributed by atoms with Gasteiger partial charge in [0.1, 0.15) is 27.4 Å². The molecule has 0 unspecified atom stereocenters. The summed E-state index contributed by atoms with van der Waals surface area (Å²) in [5.41, 5.74) is 5.25. The van der Waals surface area contributed by atoms with Crippen molar-refractivity contribution < 1.29 is 13.6 Å². The van der Waals surface area contributed by atoms with Gasteiger partial charge in [0.25, 0.3) is 5.91 Å². The first-order valence-electron chi connectivity index (χ1n) is 10.4. The lowest BCUT2D eigenvalue weighted by molar-refractivity contribution is 0.0964. The van der Waals surface area contributed by atoms with Crippen molar-refractivity contribution in [1.82, 2.24) is 14.7 Å². The third-order valence-electron chi connectivity index (χ3n) is 5.75. The van der Waals surface area contributed by atoms with Gasteiger partial charge in [-0.25, -0.2) is 9.37 Å². The van der Waals surface area contributed by atoms with Crippen molar-refractivity contribution in [3.63, 3.8) is 0 Å². The second-order valence-electron chi connectivity index (χ2n) is 7.66. The number of rotatable bonds is 5. The molecule has 0 saturated carbocycles. The summed E-state index contributed by atoms with van der Waals surface area (Å²) >= 11 is 5.11. The number of carbonyl (C=O) groups excluding carboxylic acids is 1. The van der Waals surface area contributed by atoms with Crippen LogP contribution in [0.5, 0.6) is 0 Å². The summed E-state index contributed by atoms with van der Waals surface area (Å²) in [5, 5.41) is 3.39. The third kappa shape index (κ3) is 3.74. The van der Waals surface area contributed by atoms with Gasteiger partial charge in [0, 0.05) is 54.7 Å². The predicted molar refractivity (Wildman–Crippen MR) is 139 cm³/mol. The molecule has 3 heterocycles. The van der Waals surface area contributed by atoms with Gasteiger partial charge < -0.3 is 14.0 Å². The summed E-state index contributed by atoms with van der Waals surface area (Å²) < 4.78 is 24.6. The first-order chi connectivity index (χ1) is 16.4. The average Bonchev–Trinajstić information content (AvgIpc) is 3.42. The topological polar surface area (TPSA) is 62.8 Å². The highest BCUT2D eigenvalue weighted by Gasteiger charge is 2.24. The highest BCUT2D eigenvalue weighted by atomic mass is 79.9. The van der Waals surface area contributed by atoms with Crippen LogP contribution in [0.15, 0.2) is 69.9 Å². The molecule has 0 aliphatic rings. The van der Waals surface area contributed by atoms with Gasteiger partial charge in [-0.2, -0.15) is 0 Å². The molecule has 172 valence electrons. The lowest BCUT2D eigenvalue weighted by Gasteiger charge is -2.20. The molecule has 0 radical (unpaired) electrons. The van der Waals surface area contributed by atoms with E-state index in [1.807, 2.05) is 52.5 Å². The minimum atomic E-state index is -0.353. The number of amides is 1. The maximum atomic E-state index is 13.5. The van der Waals surface area contributed by atoms with Crippen molar-refractivity contribution in [2.24, 2.45) is 0 Å². The molecule has 0 aliphatic carbocycles. The third-order valence-corrected chi connectivity index (χ3v) is 7.08. The molecule has 0 bridgehead atoms. The second kappa shape index (κ2) is 8.81. The normalized spacial score (nSPS) is 11.3. The number of hydrogen-bond acceptors (Lipinski definition) is 5. The number of benzene rings is 2. The molecule has 0 atom stereocenters. The fourth-order valence-electron chi connectivity index (χ4n) is 3.99. The molecule has 34 heavy (non-hydrogen) atoms. The molecule has 1 amide bonds. The van der Waals surface area contributed by atoms with Crippen LogP contribution in [-0.4, -0.2) is 35.6 Å². The molecule has 0 spiro atoms. The number of fused-ring (bicyclic) bond motifs is 2. The maximum Gasteiger partial charge on any atom is 0.255 e. The smallest absolute Gasteiger partial charge is 0.255 e. The van der Waals surface area contributed by atoms with E-state index in [2.05, 4.69) is 26.2 Å². The van der Waals surface area contributed by atoms with Gasteiger partial charge in [-0.3, -0.25) is 9.20 Å². The van der Waals surface area contributed by atoms with Crippen LogP contribution in [-0.2, 0) is 0 Å². The summed E-state index contributed by atoms with van der Waals surface area (Å²) in [7, 11) is 3.56. The molecular weight excluding hydrogens is 519 g/mol. The molecule has 5 aromatic rings. The number of hydrogen-bond donors (Lipinski definition) is 1. The van der Waals surface area contributed by atoms with Gasteiger partial charge in [-0.1, -0.05) is 11.9 Å². The quantitative estimate of drug-likeness (QED) is 0.262. The summed E-state index contributed by atoms with van der Waals surface area (Å²) in [4.78, 5) is 17.4. The van der Waals surface area contributed by atoms with Gasteiger partial charge in [-0.05, 0) is 58.4 Å². The summed E-state index contributed by atoms with van der Waals surface area (Å²) in [6, 6.07) is 13.8. The maximum absolute atomic E-state index is 13.5. The summed E-state index contributed by atoms with van der Waals surface area (Å²) in [6.07, 6.45) is 5.75. The Kier molecular flexibility index (Phi) is 5.83. The zero-order chi connectivity index (χ0) is 24.0. The van der Waals surface area contributed by atoms with E-state index in [0.717, 1.165) is 27.1 Å². The van der Waals surface area contributed by atoms with E-state index < -0.39 is 0 Å². The minimum absolute atomic E-state index is 0.275. The predicted octanol–water partition coefficient (Wildman–Crippen LogP) is 6.39. The molecule has 0 aliphatic heterocycles. The van der Waals surface area contributed by atoms with Crippen molar-refractivity contribution >= 4 is 56.1 Å². The number of anilines is 1. The van der Waals surface area contributed by atoms with Crippen LogP contribution < -0.4 is 9.62 Å². The van der Waals surface area contributed by atoms with Gasteiger partial charge in [-0.15, -0.1) is 0 Å². The van der Waals surface area contributed by atoms with Crippen molar-refractivity contribution in [3.8, 4) is 22.5 Å². The van der Waals surface area contributed by atoms with Crippen LogP contribution in [0.25, 0.3) is 39.1 Å². The Hall–Kier alpha value is -3.30. The molecule has 2 aromatic carbocycles. The van der Waals surface area contributed by atoms with Crippen molar-refractivity contribution in [3.05, 3.63) is 76.9 Å². The Balaban J connectivity index is 1.81. The number of aromatic nitrogens is 2. The SMILES string of the molecule is CNC(=O)c1c(-c2ccc(F)cc2)oc2cc(N(C)SC)c(-c3ccc4ncc(Br)n4c3)cc12. The first-order valence-corrected chi connectivity index (χ1v) is 12.4. The van der Waals surface area contributed by atoms with Crippen molar-refractivity contribution in [2.45, 2.75) is 0 Å². The van der Waals surface area contributed by atoms with E-state index in [0.29, 0.717) is 27.9 Å². The number of pyridine rings is 1. The monoisotopic (exact) mass is 538 g/mol. The fourth-order valence-corrected chi connectivity index (χ4v) is 4.72. The van der Waals surface area contributed by atoms with E-state index in [1.165, 1.54) is 12.1 Å². The largest absolute Gasteiger partial charge is 0.455 e. The van der Waals surface area contributed by atoms with Gasteiger partial charge in [0.2, 0.25) is 0 Å². The van der Waals surface area contributed by atoms with E-state index in [4.69, 9.17) is 4.42 Å². The van der Waals surface area contributed by atoms with Gasteiger partial charge in [0.05, 0.1) is 17.4 Å². The van der Waals surface area contributed by atoms with Crippen LogP contribution in [0.2, 0.25) is 0 Å². The number of carbonyl (C=O) groups is 1. The molecular formula is C25H20BrFN4O2S. The standard InChI is InChI=1S/C25H20BrFN4O2S/c1-28-25(32)23-18-10-17(15-6-9-22-29-12-21(26)31(22)13-15)19(30(2)34-3)11-20(18)33-24(23)14-4-7-16(27)8-5-14/h4-13H,1-3H3,(H,28,32). The van der Waals surface area contributed by atoms with Crippen LogP contribution in [0.1, 0.15) is 10.4 Å². The highest BCUT2D eigenvalue weighted by molar-refractivity contribution is 9.10. The van der Waals surface area contributed by atoms with E-state index >= 15 is 0 Å². The highest BCUT2D eigenvalue weighted by Crippen LogP contribution is 2.41. The first kappa shape index (κ1) is 22.5. The molecule has 3 aromatic heterocycles. The van der Waals surface area contributed by atoms with Crippen LogP contribution in [0.3, 0.4) is 0 Å². The second-order valence-corrected chi connectivity index (χ2v) is 9.39. The number of imidazole rings is 1. The minimum Gasteiger partial charge on any atom is -0.455 e. The van der Waals surface area contributed by atoms with Crippen LogP contribution >= 0.6 is 27.9 Å². The Labute approximate surface area is 208 Å². The fraction of sp³-hybridized carbons (Fsp3) is 0.120. The number of furan rings is 1. The molecule has 9 heteroatoms. The Morgan fingerprint density at radius 1 is 1.18 bits per heavy atom. The lowest BCUT2D eigenvalue weighted by atomic mass is 9.99. The van der Waals surface area contributed by atoms with Gasteiger partial charge >= 0.3 is 0 Å². The molecule has 6 nitrogen and oxygen atoms in total. The summed E-state index contributed by atoms with van der Waals surface area (Å²) in [5.74, 6) is -0.228. The summed E-state index contributed by atoms with van der Waals surface area (Å²) in [6.45, 7) is 0. The van der Waals surface area contributed by atoms with E-state index in [-0.39, 0.29) is 11.7 Å². The lowest BCUT2D eigenvalue weighted by Crippen LogP contribution is -2.18. The zero-order valence-corrected chi connectivity index (χ0v) is 21.0. The van der Waals surface area contributed by atoms with E-state index in [9.17, 15) is 9.18 Å².